The zero-order valence-corrected chi connectivity index (χ0v) is 20.9. The van der Waals surface area contributed by atoms with Gasteiger partial charge < -0.3 is 5.11 Å². The number of carbonyl (C=O) groups is 1. The molecule has 0 fully saturated rings. The molecule has 0 amide bonds. The summed E-state index contributed by atoms with van der Waals surface area (Å²) in [4.78, 5) is 11.2. The third-order valence-electron chi connectivity index (χ3n) is 6.65. The van der Waals surface area contributed by atoms with Gasteiger partial charge in [-0.05, 0) is 18.8 Å². The Morgan fingerprint density at radius 3 is 1.03 bits per heavy atom. The van der Waals surface area contributed by atoms with Crippen LogP contribution in [0, 0.1) is 5.92 Å². The molecule has 180 valence electrons. The summed E-state index contributed by atoms with van der Waals surface area (Å²) in [6.07, 6.45) is 31.3. The lowest BCUT2D eigenvalue weighted by Gasteiger charge is -2.14. The van der Waals surface area contributed by atoms with E-state index in [1.54, 1.807) is 0 Å². The maximum Gasteiger partial charge on any atom is 0.303 e. The van der Waals surface area contributed by atoms with Gasteiger partial charge in [0.05, 0.1) is 0 Å². The van der Waals surface area contributed by atoms with Crippen molar-refractivity contribution in [3.8, 4) is 0 Å². The molecule has 0 heterocycles. The zero-order chi connectivity index (χ0) is 22.1. The third kappa shape index (κ3) is 23.7. The molecule has 0 bridgehead atoms. The number of carboxylic acids is 1. The first-order chi connectivity index (χ1) is 14.7. The highest BCUT2D eigenvalue weighted by Crippen LogP contribution is 2.22. The number of hydrogen-bond donors (Lipinski definition) is 1. The van der Waals surface area contributed by atoms with Crippen molar-refractivity contribution in [3.63, 3.8) is 0 Å². The fraction of sp³-hybridized carbons (Fsp3) is 0.964. The summed E-state index contributed by atoms with van der Waals surface area (Å²) in [6.45, 7) is 4.55. The summed E-state index contributed by atoms with van der Waals surface area (Å²) in [5, 5.41) is 9.21. The predicted molar refractivity (Wildman–Crippen MR) is 133 cm³/mol. The van der Waals surface area contributed by atoms with Crippen LogP contribution in [0.2, 0.25) is 0 Å². The standard InChI is InChI=1S/C28H56O2/c1-3-5-7-9-11-13-14-15-16-17-19-21-23-25-27(26-28(29)30)24-22-20-18-12-10-8-6-4-2/h27H,3-26H2,1-2H3,(H,29,30). The van der Waals surface area contributed by atoms with Crippen LogP contribution in [-0.2, 0) is 4.79 Å². The smallest absolute Gasteiger partial charge is 0.303 e. The Bertz CT molecular complexity index is 340. The highest BCUT2D eigenvalue weighted by molar-refractivity contribution is 5.66. The van der Waals surface area contributed by atoms with E-state index in [4.69, 9.17) is 0 Å². The molecule has 0 radical (unpaired) electrons. The first kappa shape index (κ1) is 29.5. The minimum atomic E-state index is -0.603. The molecule has 0 saturated heterocycles. The maximum absolute atomic E-state index is 11.2. The molecule has 0 aliphatic heterocycles. The molecular weight excluding hydrogens is 368 g/mol. The van der Waals surface area contributed by atoms with Crippen LogP contribution in [0.15, 0.2) is 0 Å². The third-order valence-corrected chi connectivity index (χ3v) is 6.65. The lowest BCUT2D eigenvalue weighted by molar-refractivity contribution is -0.138. The Labute approximate surface area is 190 Å². The molecule has 1 N–H and O–H groups in total. The first-order valence-corrected chi connectivity index (χ1v) is 13.9. The van der Waals surface area contributed by atoms with E-state index in [1.165, 1.54) is 135 Å². The van der Waals surface area contributed by atoms with Crippen LogP contribution in [0.3, 0.4) is 0 Å². The summed E-state index contributed by atoms with van der Waals surface area (Å²) in [5.41, 5.74) is 0. The maximum atomic E-state index is 11.2. The van der Waals surface area contributed by atoms with Gasteiger partial charge in [0, 0.05) is 6.42 Å². The van der Waals surface area contributed by atoms with Gasteiger partial charge in [-0.1, -0.05) is 149 Å². The average Bonchev–Trinajstić information content (AvgIpc) is 2.72. The van der Waals surface area contributed by atoms with E-state index in [9.17, 15) is 9.90 Å². The molecule has 0 aliphatic rings. The van der Waals surface area contributed by atoms with Crippen LogP contribution >= 0.6 is 0 Å². The molecule has 0 saturated carbocycles. The second-order valence-electron chi connectivity index (χ2n) is 9.76. The van der Waals surface area contributed by atoms with Gasteiger partial charge in [-0.2, -0.15) is 0 Å². The molecule has 0 aliphatic carbocycles. The lowest BCUT2D eigenvalue weighted by atomic mass is 9.91. The van der Waals surface area contributed by atoms with E-state index in [0.717, 1.165) is 12.8 Å². The largest absolute Gasteiger partial charge is 0.481 e. The van der Waals surface area contributed by atoms with E-state index in [2.05, 4.69) is 13.8 Å². The highest BCUT2D eigenvalue weighted by Gasteiger charge is 2.12. The monoisotopic (exact) mass is 424 g/mol. The van der Waals surface area contributed by atoms with E-state index in [-0.39, 0.29) is 0 Å². The highest BCUT2D eigenvalue weighted by atomic mass is 16.4. The van der Waals surface area contributed by atoms with Crippen LogP contribution in [0.25, 0.3) is 0 Å². The molecule has 2 nitrogen and oxygen atoms in total. The van der Waals surface area contributed by atoms with Crippen LogP contribution < -0.4 is 0 Å². The average molecular weight is 425 g/mol. The van der Waals surface area contributed by atoms with Crippen LogP contribution in [0.5, 0.6) is 0 Å². The van der Waals surface area contributed by atoms with Crippen LogP contribution in [0.1, 0.15) is 168 Å². The Balaban J connectivity index is 3.52. The second kappa shape index (κ2) is 24.7. The van der Waals surface area contributed by atoms with Crippen molar-refractivity contribution in [2.45, 2.75) is 168 Å². The van der Waals surface area contributed by atoms with Gasteiger partial charge in [0.15, 0.2) is 0 Å². The van der Waals surface area contributed by atoms with Crippen molar-refractivity contribution in [3.05, 3.63) is 0 Å². The minimum absolute atomic E-state index is 0.384. The van der Waals surface area contributed by atoms with Gasteiger partial charge in [0.2, 0.25) is 0 Å². The molecule has 0 rings (SSSR count). The van der Waals surface area contributed by atoms with Crippen molar-refractivity contribution in [1.29, 1.82) is 0 Å². The van der Waals surface area contributed by atoms with Gasteiger partial charge in [0.1, 0.15) is 0 Å². The van der Waals surface area contributed by atoms with E-state index in [0.29, 0.717) is 12.3 Å². The van der Waals surface area contributed by atoms with Gasteiger partial charge >= 0.3 is 5.97 Å². The van der Waals surface area contributed by atoms with E-state index >= 15 is 0 Å². The number of unbranched alkanes of at least 4 members (excludes halogenated alkanes) is 19. The fourth-order valence-corrected chi connectivity index (χ4v) is 4.61. The van der Waals surface area contributed by atoms with Crippen molar-refractivity contribution < 1.29 is 9.90 Å². The summed E-state index contributed by atoms with van der Waals surface area (Å²) in [6, 6.07) is 0. The number of hydrogen-bond acceptors (Lipinski definition) is 1. The fourth-order valence-electron chi connectivity index (χ4n) is 4.61. The molecule has 0 spiro atoms. The Kier molecular flexibility index (Phi) is 24.3. The molecule has 0 aromatic rings. The molecule has 0 aromatic carbocycles. The normalized spacial score (nSPS) is 12.3. The van der Waals surface area contributed by atoms with Gasteiger partial charge in [-0.15, -0.1) is 0 Å². The summed E-state index contributed by atoms with van der Waals surface area (Å²) in [5.74, 6) is -0.190. The SMILES string of the molecule is CCCCCCCCCCCCCCCC(CCCCCCCCCC)CC(=O)O. The van der Waals surface area contributed by atoms with Crippen molar-refractivity contribution in [2.24, 2.45) is 5.92 Å². The Morgan fingerprint density at radius 2 is 0.767 bits per heavy atom. The van der Waals surface area contributed by atoms with Crippen molar-refractivity contribution >= 4 is 5.97 Å². The topological polar surface area (TPSA) is 37.3 Å². The van der Waals surface area contributed by atoms with Gasteiger partial charge in [-0.25, -0.2) is 0 Å². The molecular formula is C28H56O2. The van der Waals surface area contributed by atoms with Gasteiger partial charge in [0.25, 0.3) is 0 Å². The number of carboxylic acid groups (broad SMARTS) is 1. The number of rotatable bonds is 25. The Hall–Kier alpha value is -0.530. The summed E-state index contributed by atoms with van der Waals surface area (Å²) >= 11 is 0. The molecule has 30 heavy (non-hydrogen) atoms. The summed E-state index contributed by atoms with van der Waals surface area (Å²) in [7, 11) is 0. The number of aliphatic carboxylic acids is 1. The van der Waals surface area contributed by atoms with Crippen LogP contribution in [-0.4, -0.2) is 11.1 Å². The molecule has 1 unspecified atom stereocenters. The van der Waals surface area contributed by atoms with E-state index < -0.39 is 5.97 Å². The van der Waals surface area contributed by atoms with E-state index in [1.807, 2.05) is 0 Å². The molecule has 2 heteroatoms. The van der Waals surface area contributed by atoms with Crippen molar-refractivity contribution in [1.82, 2.24) is 0 Å². The summed E-state index contributed by atoms with van der Waals surface area (Å²) < 4.78 is 0. The quantitative estimate of drug-likeness (QED) is 0.148. The molecule has 0 aromatic heterocycles. The van der Waals surface area contributed by atoms with Crippen molar-refractivity contribution in [2.75, 3.05) is 0 Å². The van der Waals surface area contributed by atoms with Crippen LogP contribution in [0.4, 0.5) is 0 Å². The minimum Gasteiger partial charge on any atom is -0.481 e. The first-order valence-electron chi connectivity index (χ1n) is 13.9. The van der Waals surface area contributed by atoms with Gasteiger partial charge in [-0.3, -0.25) is 4.79 Å². The second-order valence-corrected chi connectivity index (χ2v) is 9.76. The lowest BCUT2D eigenvalue weighted by Crippen LogP contribution is -2.08. The zero-order valence-electron chi connectivity index (χ0n) is 20.9. The predicted octanol–water partition coefficient (Wildman–Crippen LogP) is 10.1. The Morgan fingerprint density at radius 1 is 0.500 bits per heavy atom. The molecule has 1 atom stereocenters.